The molecular formula is C32H49FO. The van der Waals surface area contributed by atoms with Gasteiger partial charge in [0.1, 0.15) is 11.6 Å². The van der Waals surface area contributed by atoms with E-state index in [1.54, 1.807) is 6.07 Å². The van der Waals surface area contributed by atoms with Gasteiger partial charge in [-0.1, -0.05) is 83.3 Å². The molecule has 4 unspecified atom stereocenters. The van der Waals surface area contributed by atoms with E-state index in [1.807, 2.05) is 18.2 Å². The molecule has 1 aromatic carbocycles. The van der Waals surface area contributed by atoms with Gasteiger partial charge in [-0.2, -0.15) is 0 Å². The maximum Gasteiger partial charge on any atom is 0.130 e. The summed E-state index contributed by atoms with van der Waals surface area (Å²) in [5.41, 5.74) is 0.922. The molecular weight excluding hydrogens is 419 g/mol. The fraction of sp³-hybridized carbons (Fsp3) is 0.750. The summed E-state index contributed by atoms with van der Waals surface area (Å²) < 4.78 is 20.5. The summed E-state index contributed by atoms with van der Waals surface area (Å²) in [5.74, 6) is 5.67. The molecule has 4 rings (SSSR count). The number of benzene rings is 1. The van der Waals surface area contributed by atoms with Gasteiger partial charge < -0.3 is 4.74 Å². The highest BCUT2D eigenvalue weighted by atomic mass is 19.1. The quantitative estimate of drug-likeness (QED) is 0.232. The van der Waals surface area contributed by atoms with Crippen molar-refractivity contribution in [3.05, 3.63) is 42.2 Å². The average molecular weight is 469 g/mol. The summed E-state index contributed by atoms with van der Waals surface area (Å²) in [4.78, 5) is 0. The van der Waals surface area contributed by atoms with E-state index >= 15 is 0 Å². The normalized spacial score (nSPS) is 31.6. The lowest BCUT2D eigenvalue weighted by Crippen LogP contribution is -2.31. The molecule has 0 N–H and O–H groups in total. The molecule has 3 aliphatic carbocycles. The van der Waals surface area contributed by atoms with E-state index in [0.717, 1.165) is 48.0 Å². The predicted octanol–water partition coefficient (Wildman–Crippen LogP) is 9.86. The molecule has 1 nitrogen and oxygen atoms in total. The number of unbranched alkanes of at least 4 members (excludes halogenated alkanes) is 1. The molecule has 34 heavy (non-hydrogen) atoms. The van der Waals surface area contributed by atoms with Crippen LogP contribution in [0.25, 0.3) is 0 Å². The minimum Gasteiger partial charge on any atom is -0.493 e. The SMILES string of the molecule is C=CCCOc1ccc(C2CCC3CC(CCC4CCC(CCCC)CC4)CCC3C2)c(F)c1. The molecule has 1 aromatic rings. The highest BCUT2D eigenvalue weighted by Crippen LogP contribution is 2.49. The molecule has 3 saturated carbocycles. The standard InChI is InChI=1S/C32H49FO/c1-3-5-7-24-8-10-25(11-9-24)12-13-26-14-15-28-22-29(17-16-27(28)21-26)31-19-18-30(23-32(31)33)34-20-6-4-2/h4,18-19,23-29H,2-3,5-17,20-22H2,1H3. The minimum atomic E-state index is -0.0716. The molecule has 3 fully saturated rings. The van der Waals surface area contributed by atoms with Gasteiger partial charge in [-0.15, -0.1) is 6.58 Å². The van der Waals surface area contributed by atoms with Gasteiger partial charge in [0.25, 0.3) is 0 Å². The van der Waals surface area contributed by atoms with Crippen LogP contribution in [0.3, 0.4) is 0 Å². The zero-order chi connectivity index (χ0) is 23.8. The maximum atomic E-state index is 14.9. The predicted molar refractivity (Wildman–Crippen MR) is 142 cm³/mol. The van der Waals surface area contributed by atoms with Crippen molar-refractivity contribution in [1.29, 1.82) is 0 Å². The van der Waals surface area contributed by atoms with E-state index in [-0.39, 0.29) is 5.82 Å². The van der Waals surface area contributed by atoms with Crippen molar-refractivity contribution in [2.45, 2.75) is 116 Å². The first-order valence-corrected chi connectivity index (χ1v) is 14.7. The maximum absolute atomic E-state index is 14.9. The summed E-state index contributed by atoms with van der Waals surface area (Å²) in [5, 5.41) is 0. The highest BCUT2D eigenvalue weighted by molar-refractivity contribution is 5.31. The van der Waals surface area contributed by atoms with Crippen LogP contribution < -0.4 is 4.74 Å². The van der Waals surface area contributed by atoms with Crippen molar-refractivity contribution in [2.75, 3.05) is 6.61 Å². The van der Waals surface area contributed by atoms with Crippen LogP contribution in [0.1, 0.15) is 121 Å². The Morgan fingerprint density at radius 1 is 0.882 bits per heavy atom. The first-order chi connectivity index (χ1) is 16.7. The monoisotopic (exact) mass is 468 g/mol. The number of rotatable bonds is 11. The molecule has 0 saturated heterocycles. The van der Waals surface area contributed by atoms with Gasteiger partial charge in [0, 0.05) is 6.07 Å². The Morgan fingerprint density at radius 2 is 1.56 bits per heavy atom. The fourth-order valence-corrected chi connectivity index (χ4v) is 7.49. The Bertz CT molecular complexity index is 749. The van der Waals surface area contributed by atoms with E-state index in [9.17, 15) is 4.39 Å². The zero-order valence-corrected chi connectivity index (χ0v) is 21.8. The smallest absolute Gasteiger partial charge is 0.130 e. The number of hydrogen-bond donors (Lipinski definition) is 0. The van der Waals surface area contributed by atoms with E-state index in [0.29, 0.717) is 18.3 Å². The lowest BCUT2D eigenvalue weighted by molar-refractivity contribution is 0.108. The second-order valence-electron chi connectivity index (χ2n) is 11.9. The Labute approximate surface area is 208 Å². The largest absolute Gasteiger partial charge is 0.493 e. The summed E-state index contributed by atoms with van der Waals surface area (Å²) in [6.07, 6.45) is 23.7. The van der Waals surface area contributed by atoms with Crippen LogP contribution in [-0.2, 0) is 0 Å². The molecule has 4 atom stereocenters. The van der Waals surface area contributed by atoms with Crippen LogP contribution in [0.5, 0.6) is 5.75 Å². The molecule has 0 bridgehead atoms. The highest BCUT2D eigenvalue weighted by Gasteiger charge is 2.36. The molecule has 0 aromatic heterocycles. The van der Waals surface area contributed by atoms with Gasteiger partial charge in [-0.05, 0) is 85.7 Å². The van der Waals surface area contributed by atoms with Crippen LogP contribution >= 0.6 is 0 Å². The van der Waals surface area contributed by atoms with Gasteiger partial charge in [-0.3, -0.25) is 0 Å². The number of halogens is 1. The lowest BCUT2D eigenvalue weighted by Gasteiger charge is -2.43. The Kier molecular flexibility index (Phi) is 9.95. The van der Waals surface area contributed by atoms with Gasteiger partial charge >= 0.3 is 0 Å². The van der Waals surface area contributed by atoms with E-state index in [4.69, 9.17) is 4.74 Å². The molecule has 190 valence electrons. The summed E-state index contributed by atoms with van der Waals surface area (Å²) in [6, 6.07) is 5.55. The molecule has 0 spiro atoms. The van der Waals surface area contributed by atoms with Gasteiger partial charge in [-0.25, -0.2) is 4.39 Å². The van der Waals surface area contributed by atoms with Crippen LogP contribution in [-0.4, -0.2) is 6.61 Å². The molecule has 0 heterocycles. The Balaban J connectivity index is 1.19. The second kappa shape index (κ2) is 13.1. The molecule has 0 radical (unpaired) electrons. The van der Waals surface area contributed by atoms with Crippen molar-refractivity contribution < 1.29 is 9.13 Å². The molecule has 0 aliphatic heterocycles. The summed E-state index contributed by atoms with van der Waals surface area (Å²) in [6.45, 7) is 6.60. The topological polar surface area (TPSA) is 9.23 Å². The second-order valence-corrected chi connectivity index (χ2v) is 11.9. The van der Waals surface area contributed by atoms with Crippen molar-refractivity contribution in [1.82, 2.24) is 0 Å². The number of fused-ring (bicyclic) bond motifs is 1. The van der Waals surface area contributed by atoms with Crippen LogP contribution in [0, 0.1) is 35.4 Å². The molecule has 0 amide bonds. The Morgan fingerprint density at radius 3 is 2.29 bits per heavy atom. The Hall–Kier alpha value is -1.31. The van der Waals surface area contributed by atoms with Crippen molar-refractivity contribution in [2.24, 2.45) is 29.6 Å². The fourth-order valence-electron chi connectivity index (χ4n) is 7.49. The van der Waals surface area contributed by atoms with Crippen molar-refractivity contribution >= 4 is 0 Å². The summed E-state index contributed by atoms with van der Waals surface area (Å²) in [7, 11) is 0. The van der Waals surface area contributed by atoms with E-state index in [2.05, 4.69) is 13.5 Å². The minimum absolute atomic E-state index is 0.0716. The van der Waals surface area contributed by atoms with Gasteiger partial charge in [0.05, 0.1) is 6.61 Å². The number of hydrogen-bond acceptors (Lipinski definition) is 1. The lowest BCUT2D eigenvalue weighted by atomic mass is 9.63. The van der Waals surface area contributed by atoms with Crippen molar-refractivity contribution in [3.63, 3.8) is 0 Å². The van der Waals surface area contributed by atoms with Crippen LogP contribution in [0.4, 0.5) is 4.39 Å². The third kappa shape index (κ3) is 7.11. The molecule has 2 heteroatoms. The number of ether oxygens (including phenoxy) is 1. The van der Waals surface area contributed by atoms with Gasteiger partial charge in [0.2, 0.25) is 0 Å². The van der Waals surface area contributed by atoms with Crippen molar-refractivity contribution in [3.8, 4) is 5.75 Å². The summed E-state index contributed by atoms with van der Waals surface area (Å²) >= 11 is 0. The zero-order valence-electron chi connectivity index (χ0n) is 21.8. The van der Waals surface area contributed by atoms with E-state index in [1.165, 1.54) is 89.9 Å². The first kappa shape index (κ1) is 25.8. The first-order valence-electron chi connectivity index (χ1n) is 14.7. The molecule has 3 aliphatic rings. The van der Waals surface area contributed by atoms with Gasteiger partial charge in [0.15, 0.2) is 0 Å². The average Bonchev–Trinajstić information content (AvgIpc) is 2.87. The van der Waals surface area contributed by atoms with E-state index < -0.39 is 0 Å². The van der Waals surface area contributed by atoms with Crippen LogP contribution in [0.2, 0.25) is 0 Å². The third-order valence-electron chi connectivity index (χ3n) is 9.64. The van der Waals surface area contributed by atoms with Crippen LogP contribution in [0.15, 0.2) is 30.9 Å². The third-order valence-corrected chi connectivity index (χ3v) is 9.64.